The zero-order chi connectivity index (χ0) is 11.4. The molecule has 0 aliphatic carbocycles. The van der Waals surface area contributed by atoms with Crippen molar-refractivity contribution in [2.75, 3.05) is 0 Å². The Labute approximate surface area is 95.5 Å². The van der Waals surface area contributed by atoms with Crippen LogP contribution in [0.2, 0.25) is 0 Å². The molecule has 2 heteroatoms. The van der Waals surface area contributed by atoms with Gasteiger partial charge in [-0.1, -0.05) is 24.3 Å². The molecule has 0 radical (unpaired) electrons. The van der Waals surface area contributed by atoms with E-state index in [1.54, 1.807) is 12.5 Å². The second kappa shape index (κ2) is 4.99. The minimum absolute atomic E-state index is 0.348. The van der Waals surface area contributed by atoms with E-state index < -0.39 is 0 Å². The van der Waals surface area contributed by atoms with Crippen molar-refractivity contribution in [3.63, 3.8) is 0 Å². The number of aliphatic hydroxyl groups excluding tert-OH is 1. The van der Waals surface area contributed by atoms with E-state index in [0.717, 1.165) is 5.56 Å². The molecule has 1 aromatic heterocycles. The molecule has 1 unspecified atom stereocenters. The molecule has 0 aliphatic heterocycles. The third kappa shape index (κ3) is 2.74. The molecule has 1 heterocycles. The number of furan rings is 1. The van der Waals surface area contributed by atoms with Crippen LogP contribution in [0.5, 0.6) is 0 Å². The minimum atomic E-state index is -0.348. The summed E-state index contributed by atoms with van der Waals surface area (Å²) in [4.78, 5) is 0. The Bertz CT molecular complexity index is 432. The smallest absolute Gasteiger partial charge is 0.0935 e. The first-order valence-corrected chi connectivity index (χ1v) is 5.49. The predicted octanol–water partition coefficient (Wildman–Crippen LogP) is 2.73. The van der Waals surface area contributed by atoms with Crippen LogP contribution >= 0.6 is 0 Å². The van der Waals surface area contributed by atoms with E-state index >= 15 is 0 Å². The first-order valence-electron chi connectivity index (χ1n) is 5.49. The van der Waals surface area contributed by atoms with Gasteiger partial charge in [-0.2, -0.15) is 0 Å². The summed E-state index contributed by atoms with van der Waals surface area (Å²) in [7, 11) is 0. The average molecular weight is 216 g/mol. The summed E-state index contributed by atoms with van der Waals surface area (Å²) < 4.78 is 4.98. The van der Waals surface area contributed by atoms with Crippen LogP contribution in [0, 0.1) is 6.92 Å². The third-order valence-electron chi connectivity index (χ3n) is 2.77. The molecule has 0 saturated heterocycles. The molecule has 0 amide bonds. The summed E-state index contributed by atoms with van der Waals surface area (Å²) in [6.07, 6.45) is 4.30. The van der Waals surface area contributed by atoms with Gasteiger partial charge in [0.25, 0.3) is 0 Å². The molecule has 2 aromatic rings. The minimum Gasteiger partial charge on any atom is -0.472 e. The largest absolute Gasteiger partial charge is 0.472 e. The summed E-state index contributed by atoms with van der Waals surface area (Å²) in [6, 6.07) is 10.0. The van der Waals surface area contributed by atoms with Crippen molar-refractivity contribution in [2.24, 2.45) is 0 Å². The Morgan fingerprint density at radius 1 is 1.19 bits per heavy atom. The van der Waals surface area contributed by atoms with Gasteiger partial charge >= 0.3 is 0 Å². The fourth-order valence-corrected chi connectivity index (χ4v) is 1.85. The normalized spacial score (nSPS) is 12.6. The average Bonchev–Trinajstić information content (AvgIpc) is 2.74. The molecule has 0 saturated carbocycles. The van der Waals surface area contributed by atoms with E-state index in [9.17, 15) is 5.11 Å². The molecule has 0 bridgehead atoms. The summed E-state index contributed by atoms with van der Waals surface area (Å²) >= 11 is 0. The van der Waals surface area contributed by atoms with E-state index in [4.69, 9.17) is 4.42 Å². The van der Waals surface area contributed by atoms with Crippen LogP contribution in [-0.2, 0) is 12.8 Å². The maximum Gasteiger partial charge on any atom is 0.0935 e. The van der Waals surface area contributed by atoms with Crippen LogP contribution in [0.25, 0.3) is 0 Å². The Morgan fingerprint density at radius 3 is 2.69 bits per heavy atom. The number of benzene rings is 1. The number of aryl methyl sites for hydroxylation is 1. The molecule has 1 aromatic carbocycles. The molecule has 84 valence electrons. The molecule has 2 rings (SSSR count). The molecule has 2 nitrogen and oxygen atoms in total. The monoisotopic (exact) mass is 216 g/mol. The van der Waals surface area contributed by atoms with Crippen LogP contribution in [0.15, 0.2) is 47.3 Å². The zero-order valence-electron chi connectivity index (χ0n) is 9.39. The van der Waals surface area contributed by atoms with Crippen molar-refractivity contribution >= 4 is 0 Å². The van der Waals surface area contributed by atoms with Crippen LogP contribution in [-0.4, -0.2) is 11.2 Å². The fraction of sp³-hybridized carbons (Fsp3) is 0.286. The SMILES string of the molecule is Cc1ccccc1CC(O)Cc1ccoc1. The quantitative estimate of drug-likeness (QED) is 0.852. The zero-order valence-corrected chi connectivity index (χ0v) is 9.39. The standard InChI is InChI=1S/C14H16O2/c1-11-4-2-3-5-13(11)9-14(15)8-12-6-7-16-10-12/h2-7,10,14-15H,8-9H2,1H3. The maximum atomic E-state index is 9.96. The Morgan fingerprint density at radius 2 is 2.00 bits per heavy atom. The number of hydrogen-bond acceptors (Lipinski definition) is 2. The highest BCUT2D eigenvalue weighted by atomic mass is 16.3. The lowest BCUT2D eigenvalue weighted by molar-refractivity contribution is 0.175. The van der Waals surface area contributed by atoms with Crippen LogP contribution in [0.1, 0.15) is 16.7 Å². The molecular weight excluding hydrogens is 200 g/mol. The Kier molecular flexibility index (Phi) is 3.42. The summed E-state index contributed by atoms with van der Waals surface area (Å²) in [5.41, 5.74) is 3.48. The van der Waals surface area contributed by atoms with Gasteiger partial charge in [-0.3, -0.25) is 0 Å². The van der Waals surface area contributed by atoms with Crippen molar-refractivity contribution < 1.29 is 9.52 Å². The lowest BCUT2D eigenvalue weighted by Gasteiger charge is -2.11. The van der Waals surface area contributed by atoms with Crippen molar-refractivity contribution in [1.82, 2.24) is 0 Å². The Hall–Kier alpha value is -1.54. The van der Waals surface area contributed by atoms with Gasteiger partial charge in [0.2, 0.25) is 0 Å². The highest BCUT2D eigenvalue weighted by Gasteiger charge is 2.08. The summed E-state index contributed by atoms with van der Waals surface area (Å²) in [5.74, 6) is 0. The van der Waals surface area contributed by atoms with Crippen LogP contribution < -0.4 is 0 Å². The van der Waals surface area contributed by atoms with Gasteiger partial charge in [-0.25, -0.2) is 0 Å². The maximum absolute atomic E-state index is 9.96. The highest BCUT2D eigenvalue weighted by molar-refractivity contribution is 5.26. The highest BCUT2D eigenvalue weighted by Crippen LogP contribution is 2.12. The number of hydrogen-bond donors (Lipinski definition) is 1. The molecule has 0 spiro atoms. The summed E-state index contributed by atoms with van der Waals surface area (Å²) in [6.45, 7) is 2.07. The Balaban J connectivity index is 1.97. The van der Waals surface area contributed by atoms with Crippen molar-refractivity contribution in [1.29, 1.82) is 0 Å². The molecule has 1 N–H and O–H groups in total. The fourth-order valence-electron chi connectivity index (χ4n) is 1.85. The first-order chi connectivity index (χ1) is 7.75. The van der Waals surface area contributed by atoms with Crippen LogP contribution in [0.3, 0.4) is 0 Å². The van der Waals surface area contributed by atoms with Gasteiger partial charge in [-0.05, 0) is 36.1 Å². The van der Waals surface area contributed by atoms with Gasteiger partial charge in [0.1, 0.15) is 0 Å². The van der Waals surface area contributed by atoms with Gasteiger partial charge in [0, 0.05) is 6.42 Å². The molecule has 16 heavy (non-hydrogen) atoms. The number of aliphatic hydroxyl groups is 1. The van der Waals surface area contributed by atoms with Gasteiger partial charge in [-0.15, -0.1) is 0 Å². The van der Waals surface area contributed by atoms with Crippen molar-refractivity contribution in [3.05, 3.63) is 59.5 Å². The van der Waals surface area contributed by atoms with Crippen LogP contribution in [0.4, 0.5) is 0 Å². The number of rotatable bonds is 4. The second-order valence-electron chi connectivity index (χ2n) is 4.12. The molecule has 0 fully saturated rings. The molecule has 0 aliphatic rings. The molecule has 1 atom stereocenters. The lowest BCUT2D eigenvalue weighted by atomic mass is 9.99. The van der Waals surface area contributed by atoms with E-state index in [0.29, 0.717) is 12.8 Å². The van der Waals surface area contributed by atoms with E-state index in [1.165, 1.54) is 11.1 Å². The predicted molar refractivity (Wildman–Crippen MR) is 63.3 cm³/mol. The third-order valence-corrected chi connectivity index (χ3v) is 2.77. The van der Waals surface area contributed by atoms with E-state index in [1.807, 2.05) is 18.2 Å². The first kappa shape index (κ1) is 11.0. The second-order valence-corrected chi connectivity index (χ2v) is 4.12. The van der Waals surface area contributed by atoms with Gasteiger partial charge in [0.05, 0.1) is 18.6 Å². The topological polar surface area (TPSA) is 33.4 Å². The summed E-state index contributed by atoms with van der Waals surface area (Å²) in [5, 5.41) is 9.96. The van der Waals surface area contributed by atoms with Crippen molar-refractivity contribution in [2.45, 2.75) is 25.9 Å². The molecular formula is C14H16O2. The van der Waals surface area contributed by atoms with E-state index in [-0.39, 0.29) is 6.10 Å². The van der Waals surface area contributed by atoms with E-state index in [2.05, 4.69) is 19.1 Å². The van der Waals surface area contributed by atoms with Crippen molar-refractivity contribution in [3.8, 4) is 0 Å². The lowest BCUT2D eigenvalue weighted by Crippen LogP contribution is -2.14. The van der Waals surface area contributed by atoms with Gasteiger partial charge < -0.3 is 9.52 Å². The van der Waals surface area contributed by atoms with Gasteiger partial charge in [0.15, 0.2) is 0 Å².